The SMILES string of the molecule is CCCc1nc(N)c(C)c(N2CCCOC(C)C2)n1. The zero-order chi connectivity index (χ0) is 13.8. The van der Waals surface area contributed by atoms with Gasteiger partial charge in [0.25, 0.3) is 0 Å². The van der Waals surface area contributed by atoms with E-state index in [4.69, 9.17) is 15.5 Å². The average Bonchev–Trinajstić information content (AvgIpc) is 2.58. The maximum Gasteiger partial charge on any atom is 0.137 e. The lowest BCUT2D eigenvalue weighted by Crippen LogP contribution is -2.32. The number of hydrogen-bond acceptors (Lipinski definition) is 5. The van der Waals surface area contributed by atoms with Crippen LogP contribution < -0.4 is 10.6 Å². The Morgan fingerprint density at radius 2 is 2.21 bits per heavy atom. The van der Waals surface area contributed by atoms with E-state index in [9.17, 15) is 0 Å². The molecular formula is C14H24N4O. The quantitative estimate of drug-likeness (QED) is 0.903. The fourth-order valence-electron chi connectivity index (χ4n) is 2.40. The van der Waals surface area contributed by atoms with Crippen LogP contribution in [0.2, 0.25) is 0 Å². The molecule has 1 saturated heterocycles. The molecule has 5 heteroatoms. The van der Waals surface area contributed by atoms with Gasteiger partial charge in [-0.1, -0.05) is 6.92 Å². The summed E-state index contributed by atoms with van der Waals surface area (Å²) in [5, 5.41) is 0. The molecule has 0 bridgehead atoms. The molecule has 0 amide bonds. The maximum atomic E-state index is 6.02. The Labute approximate surface area is 115 Å². The number of aromatic nitrogens is 2. The van der Waals surface area contributed by atoms with E-state index in [1.807, 2.05) is 6.92 Å². The van der Waals surface area contributed by atoms with Crippen molar-refractivity contribution in [1.82, 2.24) is 9.97 Å². The highest BCUT2D eigenvalue weighted by Gasteiger charge is 2.20. The van der Waals surface area contributed by atoms with Crippen molar-refractivity contribution in [2.75, 3.05) is 30.3 Å². The molecule has 106 valence electrons. The van der Waals surface area contributed by atoms with Crippen LogP contribution >= 0.6 is 0 Å². The van der Waals surface area contributed by atoms with E-state index < -0.39 is 0 Å². The van der Waals surface area contributed by atoms with Crippen LogP contribution in [-0.4, -0.2) is 35.8 Å². The highest BCUT2D eigenvalue weighted by molar-refractivity contribution is 5.56. The molecule has 1 aliphatic heterocycles. The van der Waals surface area contributed by atoms with E-state index in [1.165, 1.54) is 0 Å². The van der Waals surface area contributed by atoms with Crippen LogP contribution in [0.5, 0.6) is 0 Å². The predicted octanol–water partition coefficient (Wildman–Crippen LogP) is 1.93. The second-order valence-corrected chi connectivity index (χ2v) is 5.20. The first-order valence-corrected chi connectivity index (χ1v) is 7.11. The van der Waals surface area contributed by atoms with E-state index in [2.05, 4.69) is 23.7 Å². The molecule has 1 fully saturated rings. The van der Waals surface area contributed by atoms with E-state index >= 15 is 0 Å². The molecule has 0 aliphatic carbocycles. The van der Waals surface area contributed by atoms with Gasteiger partial charge in [-0.3, -0.25) is 0 Å². The van der Waals surface area contributed by atoms with Crippen molar-refractivity contribution in [2.45, 2.75) is 46.1 Å². The van der Waals surface area contributed by atoms with Gasteiger partial charge in [-0.15, -0.1) is 0 Å². The summed E-state index contributed by atoms with van der Waals surface area (Å²) in [4.78, 5) is 11.4. The lowest BCUT2D eigenvalue weighted by molar-refractivity contribution is 0.0820. The van der Waals surface area contributed by atoms with E-state index in [0.29, 0.717) is 5.82 Å². The number of nitrogens with zero attached hydrogens (tertiary/aromatic N) is 3. The van der Waals surface area contributed by atoms with Crippen LogP contribution in [0.25, 0.3) is 0 Å². The Kier molecular flexibility index (Phi) is 4.58. The molecule has 1 aliphatic rings. The van der Waals surface area contributed by atoms with Crippen LogP contribution in [0, 0.1) is 6.92 Å². The molecule has 0 saturated carbocycles. The summed E-state index contributed by atoms with van der Waals surface area (Å²) in [6.07, 6.45) is 3.16. The molecule has 0 radical (unpaired) electrons. The Bertz CT molecular complexity index is 436. The molecule has 5 nitrogen and oxygen atoms in total. The van der Waals surface area contributed by atoms with Crippen LogP contribution in [0.15, 0.2) is 0 Å². The predicted molar refractivity (Wildman–Crippen MR) is 77.4 cm³/mol. The Morgan fingerprint density at radius 3 is 2.95 bits per heavy atom. The average molecular weight is 264 g/mol. The van der Waals surface area contributed by atoms with Gasteiger partial charge in [0.15, 0.2) is 0 Å². The highest BCUT2D eigenvalue weighted by Crippen LogP contribution is 2.23. The van der Waals surface area contributed by atoms with Crippen LogP contribution in [0.3, 0.4) is 0 Å². The minimum absolute atomic E-state index is 0.229. The maximum absolute atomic E-state index is 6.02. The molecule has 1 aromatic rings. The molecule has 2 N–H and O–H groups in total. The summed E-state index contributed by atoms with van der Waals surface area (Å²) in [5.74, 6) is 2.43. The molecule has 2 rings (SSSR count). The lowest BCUT2D eigenvalue weighted by atomic mass is 10.2. The third-order valence-corrected chi connectivity index (χ3v) is 3.43. The van der Waals surface area contributed by atoms with E-state index in [1.54, 1.807) is 0 Å². The molecule has 1 aromatic heterocycles. The number of ether oxygens (including phenoxy) is 1. The number of aryl methyl sites for hydroxylation is 1. The summed E-state index contributed by atoms with van der Waals surface area (Å²) in [7, 11) is 0. The Balaban J connectivity index is 2.30. The van der Waals surface area contributed by atoms with Crippen LogP contribution in [-0.2, 0) is 11.2 Å². The summed E-state index contributed by atoms with van der Waals surface area (Å²) in [6, 6.07) is 0. The summed E-state index contributed by atoms with van der Waals surface area (Å²) >= 11 is 0. The van der Waals surface area contributed by atoms with Gasteiger partial charge in [-0.05, 0) is 26.7 Å². The van der Waals surface area contributed by atoms with Crippen LogP contribution in [0.4, 0.5) is 11.6 Å². The first-order chi connectivity index (χ1) is 9.11. The fraction of sp³-hybridized carbons (Fsp3) is 0.714. The van der Waals surface area contributed by atoms with Crippen LogP contribution in [0.1, 0.15) is 38.1 Å². The van der Waals surface area contributed by atoms with Crippen molar-refractivity contribution >= 4 is 11.6 Å². The standard InChI is InChI=1S/C14H24N4O/c1-4-6-12-16-13(15)11(3)14(17-12)18-7-5-8-19-10(2)9-18/h10H,4-9H2,1-3H3,(H2,15,16,17). The Hall–Kier alpha value is -1.36. The summed E-state index contributed by atoms with van der Waals surface area (Å²) in [6.45, 7) is 8.87. The molecular weight excluding hydrogens is 240 g/mol. The molecule has 1 unspecified atom stereocenters. The highest BCUT2D eigenvalue weighted by atomic mass is 16.5. The molecule has 1 atom stereocenters. The minimum Gasteiger partial charge on any atom is -0.383 e. The lowest BCUT2D eigenvalue weighted by Gasteiger charge is -2.25. The largest absolute Gasteiger partial charge is 0.383 e. The first kappa shape index (κ1) is 14.1. The monoisotopic (exact) mass is 264 g/mol. The van der Waals surface area contributed by atoms with Crippen molar-refractivity contribution < 1.29 is 4.74 Å². The zero-order valence-corrected chi connectivity index (χ0v) is 12.1. The molecule has 19 heavy (non-hydrogen) atoms. The minimum atomic E-state index is 0.229. The van der Waals surface area contributed by atoms with Crippen molar-refractivity contribution in [3.63, 3.8) is 0 Å². The van der Waals surface area contributed by atoms with Crippen molar-refractivity contribution in [3.8, 4) is 0 Å². The van der Waals surface area contributed by atoms with Crippen molar-refractivity contribution in [3.05, 3.63) is 11.4 Å². The van der Waals surface area contributed by atoms with Gasteiger partial charge >= 0.3 is 0 Å². The summed E-state index contributed by atoms with van der Waals surface area (Å²) in [5.41, 5.74) is 7.00. The number of nitrogens with two attached hydrogens (primary N) is 1. The van der Waals surface area contributed by atoms with Gasteiger partial charge in [-0.2, -0.15) is 0 Å². The zero-order valence-electron chi connectivity index (χ0n) is 12.1. The number of rotatable bonds is 3. The van der Waals surface area contributed by atoms with Gasteiger partial charge in [0.1, 0.15) is 17.5 Å². The molecule has 0 aromatic carbocycles. The van der Waals surface area contributed by atoms with Gasteiger partial charge in [0.05, 0.1) is 6.10 Å². The van der Waals surface area contributed by atoms with Gasteiger partial charge in [0.2, 0.25) is 0 Å². The normalized spacial score (nSPS) is 20.4. The molecule has 2 heterocycles. The second-order valence-electron chi connectivity index (χ2n) is 5.20. The van der Waals surface area contributed by atoms with Crippen molar-refractivity contribution in [1.29, 1.82) is 0 Å². The number of hydrogen-bond donors (Lipinski definition) is 1. The summed E-state index contributed by atoms with van der Waals surface area (Å²) < 4.78 is 5.69. The smallest absolute Gasteiger partial charge is 0.137 e. The number of nitrogen functional groups attached to an aromatic ring is 1. The van der Waals surface area contributed by atoms with E-state index in [-0.39, 0.29) is 6.10 Å². The first-order valence-electron chi connectivity index (χ1n) is 7.11. The van der Waals surface area contributed by atoms with Crippen molar-refractivity contribution in [2.24, 2.45) is 0 Å². The third kappa shape index (κ3) is 3.35. The Morgan fingerprint density at radius 1 is 1.42 bits per heavy atom. The molecule has 0 spiro atoms. The second kappa shape index (κ2) is 6.19. The van der Waals surface area contributed by atoms with Gasteiger partial charge in [-0.25, -0.2) is 9.97 Å². The fourth-order valence-corrected chi connectivity index (χ4v) is 2.40. The van der Waals surface area contributed by atoms with Gasteiger partial charge < -0.3 is 15.4 Å². The van der Waals surface area contributed by atoms with E-state index in [0.717, 1.165) is 56.2 Å². The third-order valence-electron chi connectivity index (χ3n) is 3.43. The number of anilines is 2. The van der Waals surface area contributed by atoms with Gasteiger partial charge in [0, 0.05) is 31.7 Å². The topological polar surface area (TPSA) is 64.3 Å².